The molecule has 1 unspecified atom stereocenters. The molecule has 4 nitrogen and oxygen atoms in total. The number of rotatable bonds is 3. The molecule has 0 fully saturated rings. The summed E-state index contributed by atoms with van der Waals surface area (Å²) in [5.41, 5.74) is 1.60. The van der Waals surface area contributed by atoms with E-state index in [-0.39, 0.29) is 22.8 Å². The van der Waals surface area contributed by atoms with E-state index in [1.165, 1.54) is 11.3 Å². The van der Waals surface area contributed by atoms with Crippen LogP contribution >= 0.6 is 11.3 Å². The number of nitrogens with one attached hydrogen (secondary N) is 1. The van der Waals surface area contributed by atoms with Gasteiger partial charge in [0.15, 0.2) is 0 Å². The van der Waals surface area contributed by atoms with Gasteiger partial charge in [0, 0.05) is 15.9 Å². The third-order valence-corrected chi connectivity index (χ3v) is 5.83. The Morgan fingerprint density at radius 1 is 1.26 bits per heavy atom. The topological polar surface area (TPSA) is 66.4 Å². The van der Waals surface area contributed by atoms with E-state index in [9.17, 15) is 14.7 Å². The first kappa shape index (κ1) is 15.7. The fourth-order valence-electron chi connectivity index (χ4n) is 3.44. The quantitative estimate of drug-likeness (QED) is 0.872. The smallest absolute Gasteiger partial charge is 0.339 e. The summed E-state index contributed by atoms with van der Waals surface area (Å²) in [5.74, 6) is -1.07. The molecular weight excluding hydrogens is 310 g/mol. The Balaban J connectivity index is 2.03. The number of amides is 1. The third kappa shape index (κ3) is 2.65. The lowest BCUT2D eigenvalue weighted by Crippen LogP contribution is -2.14. The number of thiophene rings is 1. The maximum absolute atomic E-state index is 12.4. The minimum absolute atomic E-state index is 0.0562. The molecule has 120 valence electrons. The average molecular weight is 329 g/mol. The van der Waals surface area contributed by atoms with Crippen molar-refractivity contribution in [1.82, 2.24) is 0 Å². The van der Waals surface area contributed by atoms with E-state index in [2.05, 4.69) is 26.1 Å². The number of carbonyl (C=O) groups is 2. The minimum Gasteiger partial charge on any atom is -0.478 e. The summed E-state index contributed by atoms with van der Waals surface area (Å²) in [6, 6.07) is 8.83. The minimum atomic E-state index is -0.976. The molecule has 0 spiro atoms. The highest BCUT2D eigenvalue weighted by Crippen LogP contribution is 2.53. The molecule has 2 N–H and O–H groups in total. The number of aromatic carboxylic acids is 1. The number of anilines is 1. The zero-order valence-corrected chi connectivity index (χ0v) is 14.2. The molecular formula is C18H19NO3S. The average Bonchev–Trinajstić information content (AvgIpc) is 2.96. The normalized spacial score (nSPS) is 18.5. The van der Waals surface area contributed by atoms with Crippen molar-refractivity contribution < 1.29 is 14.7 Å². The zero-order valence-electron chi connectivity index (χ0n) is 13.3. The molecule has 1 amide bonds. The standard InChI is InChI=1S/C18H19NO3S/c1-10-9-18(2,3)14-12(10)13(17(21)22)16(23-14)19-15(20)11-7-5-4-6-8-11/h4-8,10H,9H2,1-3H3,(H,19,20)(H,21,22). The van der Waals surface area contributed by atoms with Crippen molar-refractivity contribution >= 4 is 28.2 Å². The van der Waals surface area contributed by atoms with Crippen LogP contribution in [0.2, 0.25) is 0 Å². The van der Waals surface area contributed by atoms with Gasteiger partial charge in [0.2, 0.25) is 0 Å². The first-order valence-electron chi connectivity index (χ1n) is 7.58. The van der Waals surface area contributed by atoms with Gasteiger partial charge in [-0.3, -0.25) is 4.79 Å². The zero-order chi connectivity index (χ0) is 16.8. The molecule has 23 heavy (non-hydrogen) atoms. The van der Waals surface area contributed by atoms with Gasteiger partial charge >= 0.3 is 5.97 Å². The van der Waals surface area contributed by atoms with Crippen LogP contribution in [0, 0.1) is 0 Å². The van der Waals surface area contributed by atoms with E-state index < -0.39 is 5.97 Å². The van der Waals surface area contributed by atoms with Gasteiger partial charge in [-0.05, 0) is 30.0 Å². The summed E-state index contributed by atoms with van der Waals surface area (Å²) in [6.45, 7) is 6.30. The fourth-order valence-corrected chi connectivity index (χ4v) is 4.86. The van der Waals surface area contributed by atoms with Gasteiger partial charge in [-0.2, -0.15) is 0 Å². The lowest BCUT2D eigenvalue weighted by molar-refractivity contribution is 0.0697. The van der Waals surface area contributed by atoms with Crippen LogP contribution in [-0.4, -0.2) is 17.0 Å². The van der Waals surface area contributed by atoms with Crippen LogP contribution in [0.15, 0.2) is 30.3 Å². The van der Waals surface area contributed by atoms with E-state index >= 15 is 0 Å². The van der Waals surface area contributed by atoms with E-state index in [1.54, 1.807) is 24.3 Å². The molecule has 0 bridgehead atoms. The van der Waals surface area contributed by atoms with Gasteiger partial charge in [0.25, 0.3) is 5.91 Å². The molecule has 0 aliphatic heterocycles. The largest absolute Gasteiger partial charge is 0.478 e. The van der Waals surface area contributed by atoms with Crippen LogP contribution in [0.3, 0.4) is 0 Å². The van der Waals surface area contributed by atoms with Gasteiger partial charge in [-0.25, -0.2) is 4.79 Å². The van der Waals surface area contributed by atoms with E-state index in [0.29, 0.717) is 10.6 Å². The predicted molar refractivity (Wildman–Crippen MR) is 91.7 cm³/mol. The summed E-state index contributed by atoms with van der Waals surface area (Å²) in [4.78, 5) is 25.2. The molecule has 3 rings (SSSR count). The Hall–Kier alpha value is -2.14. The van der Waals surface area contributed by atoms with Crippen molar-refractivity contribution in [2.45, 2.75) is 38.5 Å². The molecule has 1 aliphatic carbocycles. The fraction of sp³-hybridized carbons (Fsp3) is 0.333. The van der Waals surface area contributed by atoms with Crippen molar-refractivity contribution in [2.24, 2.45) is 0 Å². The SMILES string of the molecule is CC1CC(C)(C)c2sc(NC(=O)c3ccccc3)c(C(=O)O)c21. The highest BCUT2D eigenvalue weighted by molar-refractivity contribution is 7.17. The van der Waals surface area contributed by atoms with Crippen molar-refractivity contribution in [2.75, 3.05) is 5.32 Å². The van der Waals surface area contributed by atoms with Crippen LogP contribution < -0.4 is 5.32 Å². The number of hydrogen-bond acceptors (Lipinski definition) is 3. The number of hydrogen-bond donors (Lipinski definition) is 2. The van der Waals surface area contributed by atoms with Crippen molar-refractivity contribution in [1.29, 1.82) is 0 Å². The van der Waals surface area contributed by atoms with Gasteiger partial charge < -0.3 is 10.4 Å². The summed E-state index contributed by atoms with van der Waals surface area (Å²) in [7, 11) is 0. The first-order valence-corrected chi connectivity index (χ1v) is 8.40. The highest BCUT2D eigenvalue weighted by Gasteiger charge is 2.41. The summed E-state index contributed by atoms with van der Waals surface area (Å²) < 4.78 is 0. The Kier molecular flexibility index (Phi) is 3.76. The second-order valence-electron chi connectivity index (χ2n) is 6.66. The lowest BCUT2D eigenvalue weighted by Gasteiger charge is -2.17. The van der Waals surface area contributed by atoms with E-state index in [4.69, 9.17) is 0 Å². The van der Waals surface area contributed by atoms with Gasteiger partial charge in [-0.15, -0.1) is 11.3 Å². The molecule has 1 atom stereocenters. The predicted octanol–water partition coefficient (Wildman–Crippen LogP) is 4.48. The molecule has 1 heterocycles. The maximum atomic E-state index is 12.4. The summed E-state index contributed by atoms with van der Waals surface area (Å²) >= 11 is 1.40. The number of fused-ring (bicyclic) bond motifs is 1. The molecule has 0 saturated carbocycles. The monoisotopic (exact) mass is 329 g/mol. The number of carboxylic acid groups (broad SMARTS) is 1. The number of benzene rings is 1. The van der Waals surface area contributed by atoms with Crippen LogP contribution in [0.25, 0.3) is 0 Å². The molecule has 5 heteroatoms. The van der Waals surface area contributed by atoms with Gasteiger partial charge in [0.1, 0.15) is 5.00 Å². The number of carbonyl (C=O) groups excluding carboxylic acids is 1. The summed E-state index contributed by atoms with van der Waals surface area (Å²) in [5, 5.41) is 12.9. The van der Waals surface area contributed by atoms with Crippen LogP contribution in [0.5, 0.6) is 0 Å². The lowest BCUT2D eigenvalue weighted by atomic mass is 9.91. The molecule has 1 aliphatic rings. The van der Waals surface area contributed by atoms with Gasteiger partial charge in [-0.1, -0.05) is 39.0 Å². The van der Waals surface area contributed by atoms with Crippen LogP contribution in [0.1, 0.15) is 64.3 Å². The molecule has 1 aromatic heterocycles. The number of carboxylic acids is 1. The molecule has 0 radical (unpaired) electrons. The first-order chi connectivity index (χ1) is 10.8. The second-order valence-corrected chi connectivity index (χ2v) is 7.68. The molecule has 1 aromatic carbocycles. The van der Waals surface area contributed by atoms with Crippen molar-refractivity contribution in [3.63, 3.8) is 0 Å². The van der Waals surface area contributed by atoms with E-state index in [1.807, 2.05) is 6.07 Å². The molecule has 2 aromatic rings. The van der Waals surface area contributed by atoms with Crippen LogP contribution in [-0.2, 0) is 5.41 Å². The van der Waals surface area contributed by atoms with Gasteiger partial charge in [0.05, 0.1) is 5.56 Å². The van der Waals surface area contributed by atoms with Crippen LogP contribution in [0.4, 0.5) is 5.00 Å². The van der Waals surface area contributed by atoms with Crippen molar-refractivity contribution in [3.05, 3.63) is 51.9 Å². The Labute approximate surface area is 139 Å². The van der Waals surface area contributed by atoms with E-state index in [0.717, 1.165) is 16.9 Å². The molecule has 0 saturated heterocycles. The second kappa shape index (κ2) is 5.49. The Morgan fingerprint density at radius 3 is 2.52 bits per heavy atom. The maximum Gasteiger partial charge on any atom is 0.339 e. The van der Waals surface area contributed by atoms with Crippen molar-refractivity contribution in [3.8, 4) is 0 Å². The highest BCUT2D eigenvalue weighted by atomic mass is 32.1. The summed E-state index contributed by atoms with van der Waals surface area (Å²) in [6.07, 6.45) is 0.932. The third-order valence-electron chi connectivity index (χ3n) is 4.35. The Morgan fingerprint density at radius 2 is 1.91 bits per heavy atom. The Bertz CT molecular complexity index is 777.